The minimum absolute atomic E-state index is 0.0507. The molecule has 1 aromatic carbocycles. The lowest BCUT2D eigenvalue weighted by Gasteiger charge is -2.08. The van der Waals surface area contributed by atoms with Crippen molar-refractivity contribution in [3.8, 4) is 5.75 Å². The van der Waals surface area contributed by atoms with Crippen LogP contribution in [0.25, 0.3) is 0 Å². The van der Waals surface area contributed by atoms with E-state index in [1.165, 1.54) is 12.1 Å². The number of hydrogen-bond donors (Lipinski definition) is 1. The summed E-state index contributed by atoms with van der Waals surface area (Å²) in [5.41, 5.74) is -0.260. The summed E-state index contributed by atoms with van der Waals surface area (Å²) in [5, 5.41) is 19.5. The molecule has 0 radical (unpaired) electrons. The van der Waals surface area contributed by atoms with Crippen LogP contribution in [0.3, 0.4) is 0 Å². The number of carbonyl (C=O) groups is 1. The number of hydrogen-bond acceptors (Lipinski definition) is 4. The molecule has 98 valence electrons. The van der Waals surface area contributed by atoms with Crippen molar-refractivity contribution in [3.63, 3.8) is 0 Å². The van der Waals surface area contributed by atoms with E-state index in [0.29, 0.717) is 4.47 Å². The fraction of sp³-hybridized carbons (Fsp3) is 0.300. The summed E-state index contributed by atoms with van der Waals surface area (Å²) in [4.78, 5) is 20.5. The van der Waals surface area contributed by atoms with Gasteiger partial charge in [0.15, 0.2) is 0 Å². The maximum atomic E-state index is 10.8. The van der Waals surface area contributed by atoms with Gasteiger partial charge < -0.3 is 9.84 Å². The predicted octanol–water partition coefficient (Wildman–Crippen LogP) is 3.25. The summed E-state index contributed by atoms with van der Waals surface area (Å²) in [7, 11) is 0. The Bertz CT molecular complexity index is 480. The Morgan fingerprint density at radius 2 is 2.22 bits per heavy atom. The number of carboxylic acid groups (broad SMARTS) is 1. The minimum atomic E-state index is -0.941. The van der Waals surface area contributed by atoms with Crippen molar-refractivity contribution < 1.29 is 19.6 Å². The molecule has 0 aliphatic heterocycles. The zero-order chi connectivity index (χ0) is 13.7. The highest BCUT2D eigenvalue weighted by Gasteiger charge is 2.19. The molecule has 1 N–H and O–H groups in total. The molecule has 8 heteroatoms. The van der Waals surface area contributed by atoms with Crippen LogP contribution < -0.4 is 4.74 Å². The van der Waals surface area contributed by atoms with Gasteiger partial charge in [-0.1, -0.05) is 11.6 Å². The summed E-state index contributed by atoms with van der Waals surface area (Å²) in [6.07, 6.45) is 0.209. The first-order valence-corrected chi connectivity index (χ1v) is 6.07. The SMILES string of the molecule is O=C(O)CCCOc1c(Br)cc(Cl)cc1[N+](=O)[O-]. The molecule has 18 heavy (non-hydrogen) atoms. The highest BCUT2D eigenvalue weighted by atomic mass is 79.9. The smallest absolute Gasteiger partial charge is 0.313 e. The Kier molecular flexibility index (Phi) is 5.36. The summed E-state index contributed by atoms with van der Waals surface area (Å²) >= 11 is 8.82. The Morgan fingerprint density at radius 1 is 1.56 bits per heavy atom. The molecule has 0 aliphatic carbocycles. The summed E-state index contributed by atoms with van der Waals surface area (Å²) in [6, 6.07) is 2.65. The highest BCUT2D eigenvalue weighted by Crippen LogP contribution is 2.37. The van der Waals surface area contributed by atoms with E-state index in [1.54, 1.807) is 0 Å². The molecule has 0 spiro atoms. The van der Waals surface area contributed by atoms with Crippen molar-refractivity contribution in [3.05, 3.63) is 31.7 Å². The summed E-state index contributed by atoms with van der Waals surface area (Å²) < 4.78 is 5.58. The van der Waals surface area contributed by atoms with Crippen molar-refractivity contribution in [2.75, 3.05) is 6.61 Å². The lowest BCUT2D eigenvalue weighted by Crippen LogP contribution is -2.04. The Balaban J connectivity index is 2.80. The molecule has 0 bridgehead atoms. The monoisotopic (exact) mass is 337 g/mol. The third kappa shape index (κ3) is 4.15. The van der Waals surface area contributed by atoms with E-state index >= 15 is 0 Å². The van der Waals surface area contributed by atoms with Crippen LogP contribution in [-0.4, -0.2) is 22.6 Å². The van der Waals surface area contributed by atoms with Gasteiger partial charge in [-0.2, -0.15) is 0 Å². The molecule has 0 saturated carbocycles. The first kappa shape index (κ1) is 14.7. The van der Waals surface area contributed by atoms with Crippen LogP contribution in [0.15, 0.2) is 16.6 Å². The van der Waals surface area contributed by atoms with Gasteiger partial charge in [0.2, 0.25) is 5.75 Å². The zero-order valence-electron chi connectivity index (χ0n) is 9.06. The van der Waals surface area contributed by atoms with Gasteiger partial charge in [0, 0.05) is 17.5 Å². The second kappa shape index (κ2) is 6.55. The van der Waals surface area contributed by atoms with Gasteiger partial charge in [-0.3, -0.25) is 14.9 Å². The van der Waals surface area contributed by atoms with Crippen LogP contribution in [0.1, 0.15) is 12.8 Å². The molecule has 0 heterocycles. The van der Waals surface area contributed by atoms with Crippen molar-refractivity contribution in [2.45, 2.75) is 12.8 Å². The van der Waals surface area contributed by atoms with Crippen LogP contribution in [0.5, 0.6) is 5.75 Å². The number of nitro groups is 1. The Morgan fingerprint density at radius 3 is 2.78 bits per heavy atom. The van der Waals surface area contributed by atoms with Gasteiger partial charge in [0.25, 0.3) is 0 Å². The second-order valence-corrected chi connectivity index (χ2v) is 4.63. The molecule has 0 fully saturated rings. The third-order valence-corrected chi connectivity index (χ3v) is 2.77. The molecule has 0 atom stereocenters. The van der Waals surface area contributed by atoms with Crippen LogP contribution in [0, 0.1) is 10.1 Å². The first-order valence-electron chi connectivity index (χ1n) is 4.90. The molecule has 0 amide bonds. The number of halogens is 2. The first-order chi connectivity index (χ1) is 8.41. The van der Waals surface area contributed by atoms with Gasteiger partial charge in [-0.05, 0) is 28.4 Å². The van der Waals surface area contributed by atoms with Gasteiger partial charge in [0.1, 0.15) is 0 Å². The maximum absolute atomic E-state index is 10.8. The van der Waals surface area contributed by atoms with Crippen molar-refractivity contribution in [2.24, 2.45) is 0 Å². The van der Waals surface area contributed by atoms with Crippen LogP contribution in [0.2, 0.25) is 5.02 Å². The Labute approximate surface area is 116 Å². The normalized spacial score (nSPS) is 10.1. The molecule has 0 saturated heterocycles. The lowest BCUT2D eigenvalue weighted by molar-refractivity contribution is -0.385. The molecule has 0 aliphatic rings. The zero-order valence-corrected chi connectivity index (χ0v) is 11.4. The lowest BCUT2D eigenvalue weighted by atomic mass is 10.3. The highest BCUT2D eigenvalue weighted by molar-refractivity contribution is 9.10. The molecular formula is C10H9BrClNO5. The molecule has 6 nitrogen and oxygen atoms in total. The number of carboxylic acids is 1. The number of nitrogens with zero attached hydrogens (tertiary/aromatic N) is 1. The second-order valence-electron chi connectivity index (χ2n) is 3.34. The standard InChI is InChI=1S/C10H9BrClNO5/c11-7-4-6(12)5-8(13(16)17)10(7)18-3-1-2-9(14)15/h4-5H,1-3H2,(H,14,15). The summed E-state index contributed by atoms with van der Waals surface area (Å²) in [5.74, 6) is -0.891. The number of rotatable bonds is 6. The molecule has 1 aromatic rings. The molecule has 0 aromatic heterocycles. The van der Waals surface area contributed by atoms with E-state index in [2.05, 4.69) is 15.9 Å². The van der Waals surface area contributed by atoms with Crippen LogP contribution in [0.4, 0.5) is 5.69 Å². The molecule has 0 unspecified atom stereocenters. The van der Waals surface area contributed by atoms with Crippen molar-refractivity contribution in [1.29, 1.82) is 0 Å². The molecular weight excluding hydrogens is 329 g/mol. The number of benzene rings is 1. The van der Waals surface area contributed by atoms with Crippen molar-refractivity contribution in [1.82, 2.24) is 0 Å². The third-order valence-electron chi connectivity index (χ3n) is 1.97. The summed E-state index contributed by atoms with van der Waals surface area (Å²) in [6.45, 7) is 0.0768. The van der Waals surface area contributed by atoms with E-state index in [0.717, 1.165) is 0 Å². The fourth-order valence-electron chi connectivity index (χ4n) is 1.22. The van der Waals surface area contributed by atoms with E-state index in [4.69, 9.17) is 21.4 Å². The van der Waals surface area contributed by atoms with Crippen molar-refractivity contribution >= 4 is 39.2 Å². The van der Waals surface area contributed by atoms with Crippen LogP contribution in [-0.2, 0) is 4.79 Å². The number of aliphatic carboxylic acids is 1. The average molecular weight is 339 g/mol. The van der Waals surface area contributed by atoms with Crippen LogP contribution >= 0.6 is 27.5 Å². The number of ether oxygens (including phenoxy) is 1. The maximum Gasteiger partial charge on any atom is 0.313 e. The fourth-order valence-corrected chi connectivity index (χ4v) is 2.13. The number of nitro benzene ring substituents is 1. The topological polar surface area (TPSA) is 89.7 Å². The predicted molar refractivity (Wildman–Crippen MR) is 68.2 cm³/mol. The molecule has 1 rings (SSSR count). The van der Waals surface area contributed by atoms with Gasteiger partial charge >= 0.3 is 11.7 Å². The van der Waals surface area contributed by atoms with E-state index in [1.807, 2.05) is 0 Å². The minimum Gasteiger partial charge on any atom is -0.486 e. The van der Waals surface area contributed by atoms with E-state index in [-0.39, 0.29) is 35.9 Å². The van der Waals surface area contributed by atoms with Gasteiger partial charge in [0.05, 0.1) is 16.0 Å². The van der Waals surface area contributed by atoms with E-state index in [9.17, 15) is 14.9 Å². The quantitative estimate of drug-likeness (QED) is 0.488. The largest absolute Gasteiger partial charge is 0.486 e. The average Bonchev–Trinajstić information content (AvgIpc) is 2.25. The van der Waals surface area contributed by atoms with Gasteiger partial charge in [-0.25, -0.2) is 0 Å². The van der Waals surface area contributed by atoms with Gasteiger partial charge in [-0.15, -0.1) is 0 Å². The van der Waals surface area contributed by atoms with E-state index < -0.39 is 10.9 Å². The Hall–Kier alpha value is -1.34.